The number of nitrogens with one attached hydrogen (secondary N) is 1. The molecule has 0 bridgehead atoms. The summed E-state index contributed by atoms with van der Waals surface area (Å²) in [5, 5.41) is 2.24. The molecule has 0 aromatic heterocycles. The number of barbiturate groups is 1. The van der Waals surface area contributed by atoms with Crippen molar-refractivity contribution in [1.82, 2.24) is 5.32 Å². The summed E-state index contributed by atoms with van der Waals surface area (Å²) in [6.45, 7) is 9.02. The molecule has 1 heterocycles. The molecule has 7 nitrogen and oxygen atoms in total. The minimum absolute atomic E-state index is 0.0826. The minimum Gasteiger partial charge on any atom is -0.490 e. The van der Waals surface area contributed by atoms with Gasteiger partial charge < -0.3 is 9.47 Å². The number of hydrogen-bond acceptors (Lipinski definition) is 5. The number of rotatable bonds is 7. The van der Waals surface area contributed by atoms with Gasteiger partial charge >= 0.3 is 6.03 Å². The Morgan fingerprint density at radius 2 is 1.51 bits per heavy atom. The number of carbonyl (C=O) groups excluding carboxylic acids is 3. The summed E-state index contributed by atoms with van der Waals surface area (Å²) in [4.78, 5) is 38.9. The number of carbonyl (C=O) groups is 3. The van der Waals surface area contributed by atoms with E-state index in [-0.39, 0.29) is 11.0 Å². The lowest BCUT2D eigenvalue weighted by molar-refractivity contribution is -0.122. The van der Waals surface area contributed by atoms with Crippen molar-refractivity contribution in [3.05, 3.63) is 95.1 Å². The van der Waals surface area contributed by atoms with E-state index in [9.17, 15) is 14.4 Å². The van der Waals surface area contributed by atoms with E-state index in [0.717, 1.165) is 16.2 Å². The molecule has 1 fully saturated rings. The van der Waals surface area contributed by atoms with Crippen molar-refractivity contribution in [2.24, 2.45) is 0 Å². The normalized spacial score (nSPS) is 15.1. The van der Waals surface area contributed by atoms with Crippen LogP contribution in [0.2, 0.25) is 0 Å². The lowest BCUT2D eigenvalue weighted by atomic mass is 9.87. The van der Waals surface area contributed by atoms with Gasteiger partial charge in [0.15, 0.2) is 0 Å². The van der Waals surface area contributed by atoms with Crippen LogP contribution in [0.4, 0.5) is 10.5 Å². The average molecular weight is 499 g/mol. The van der Waals surface area contributed by atoms with E-state index in [4.69, 9.17) is 9.47 Å². The third-order valence-corrected chi connectivity index (χ3v) is 5.87. The molecule has 4 amide bonds. The Morgan fingerprint density at radius 3 is 2.19 bits per heavy atom. The quantitative estimate of drug-likeness (QED) is 0.267. The van der Waals surface area contributed by atoms with Crippen LogP contribution >= 0.6 is 0 Å². The highest BCUT2D eigenvalue weighted by atomic mass is 16.5. The van der Waals surface area contributed by atoms with Crippen LogP contribution in [0, 0.1) is 6.92 Å². The summed E-state index contributed by atoms with van der Waals surface area (Å²) >= 11 is 0. The maximum absolute atomic E-state index is 13.1. The third kappa shape index (κ3) is 6.25. The fourth-order valence-electron chi connectivity index (χ4n) is 3.89. The molecule has 190 valence electrons. The highest BCUT2D eigenvalue weighted by Gasteiger charge is 2.36. The Labute approximate surface area is 216 Å². The van der Waals surface area contributed by atoms with Crippen LogP contribution in [0.25, 0.3) is 6.08 Å². The van der Waals surface area contributed by atoms with Crippen LogP contribution in [0.3, 0.4) is 0 Å². The maximum atomic E-state index is 13.1. The Kier molecular flexibility index (Phi) is 7.43. The zero-order valence-corrected chi connectivity index (χ0v) is 21.4. The number of benzene rings is 3. The first-order valence-corrected chi connectivity index (χ1v) is 12.1. The van der Waals surface area contributed by atoms with Gasteiger partial charge in [-0.05, 0) is 71.5 Å². The summed E-state index contributed by atoms with van der Waals surface area (Å²) in [6, 6.07) is 21.2. The summed E-state index contributed by atoms with van der Waals surface area (Å²) in [7, 11) is 0. The van der Waals surface area contributed by atoms with Gasteiger partial charge in [-0.2, -0.15) is 0 Å². The van der Waals surface area contributed by atoms with E-state index in [1.54, 1.807) is 42.5 Å². The van der Waals surface area contributed by atoms with Gasteiger partial charge in [-0.25, -0.2) is 9.69 Å². The van der Waals surface area contributed by atoms with Gasteiger partial charge in [0.2, 0.25) is 0 Å². The van der Waals surface area contributed by atoms with Gasteiger partial charge in [-0.15, -0.1) is 0 Å². The van der Waals surface area contributed by atoms with E-state index in [1.165, 1.54) is 11.6 Å². The summed E-state index contributed by atoms with van der Waals surface area (Å²) in [5.74, 6) is -0.0893. The van der Waals surface area contributed by atoms with Crippen LogP contribution in [0.1, 0.15) is 37.5 Å². The molecule has 3 aromatic rings. The molecule has 1 saturated heterocycles. The topological polar surface area (TPSA) is 84.9 Å². The number of imide groups is 2. The second-order valence-electron chi connectivity index (χ2n) is 9.84. The minimum atomic E-state index is -0.775. The lowest BCUT2D eigenvalue weighted by Gasteiger charge is -2.26. The van der Waals surface area contributed by atoms with Gasteiger partial charge in [0.1, 0.15) is 30.3 Å². The molecule has 0 unspecified atom stereocenters. The summed E-state index contributed by atoms with van der Waals surface area (Å²) < 4.78 is 11.6. The summed E-state index contributed by atoms with van der Waals surface area (Å²) in [5.41, 5.74) is 3.05. The molecular formula is C30H30N2O5. The van der Waals surface area contributed by atoms with E-state index in [1.807, 2.05) is 25.1 Å². The van der Waals surface area contributed by atoms with Crippen LogP contribution in [0.5, 0.6) is 11.5 Å². The number of anilines is 1. The average Bonchev–Trinajstić information content (AvgIpc) is 2.84. The van der Waals surface area contributed by atoms with Crippen molar-refractivity contribution in [3.63, 3.8) is 0 Å². The number of aryl methyl sites for hydroxylation is 1. The van der Waals surface area contributed by atoms with Crippen molar-refractivity contribution >= 4 is 29.6 Å². The van der Waals surface area contributed by atoms with E-state index in [2.05, 4.69) is 38.2 Å². The van der Waals surface area contributed by atoms with E-state index in [0.29, 0.717) is 30.2 Å². The van der Waals surface area contributed by atoms with Gasteiger partial charge in [0.05, 0.1) is 5.69 Å². The second-order valence-corrected chi connectivity index (χ2v) is 9.84. The van der Waals surface area contributed by atoms with E-state index >= 15 is 0 Å². The summed E-state index contributed by atoms with van der Waals surface area (Å²) in [6.07, 6.45) is 1.45. The molecule has 37 heavy (non-hydrogen) atoms. The smallest absolute Gasteiger partial charge is 0.335 e. The molecule has 4 rings (SSSR count). The molecule has 7 heteroatoms. The first-order chi connectivity index (χ1) is 17.6. The Bertz CT molecular complexity index is 1350. The number of ether oxygens (including phenoxy) is 2. The predicted octanol–water partition coefficient (Wildman–Crippen LogP) is 5.42. The number of hydrogen-bond donors (Lipinski definition) is 1. The second kappa shape index (κ2) is 10.7. The Hall–Kier alpha value is -4.39. The fraction of sp³-hybridized carbons (Fsp3) is 0.233. The standard InChI is InChI=1S/C30H30N2O5/c1-20-7-5-9-23(17-20)32-28(34)26(27(33)31-29(32)35)19-21-8-6-10-25(18-21)37-16-15-36-24-13-11-22(12-14-24)30(2,3)4/h5-14,17-19H,15-16H2,1-4H3,(H,31,33,35)/b26-19+. The fourth-order valence-corrected chi connectivity index (χ4v) is 3.89. The highest BCUT2D eigenvalue weighted by Crippen LogP contribution is 2.25. The highest BCUT2D eigenvalue weighted by molar-refractivity contribution is 6.39. The molecular weight excluding hydrogens is 468 g/mol. The monoisotopic (exact) mass is 498 g/mol. The van der Waals surface area contributed by atoms with Crippen LogP contribution in [-0.4, -0.2) is 31.1 Å². The predicted molar refractivity (Wildman–Crippen MR) is 143 cm³/mol. The van der Waals surface area contributed by atoms with Crippen molar-refractivity contribution < 1.29 is 23.9 Å². The Morgan fingerprint density at radius 1 is 0.838 bits per heavy atom. The number of urea groups is 1. The van der Waals surface area contributed by atoms with Gasteiger partial charge in [-0.3, -0.25) is 14.9 Å². The molecule has 1 N–H and O–H groups in total. The number of amides is 4. The van der Waals surface area contributed by atoms with Gasteiger partial charge in [0.25, 0.3) is 11.8 Å². The zero-order chi connectivity index (χ0) is 26.6. The van der Waals surface area contributed by atoms with Crippen LogP contribution in [-0.2, 0) is 15.0 Å². The first-order valence-electron chi connectivity index (χ1n) is 12.1. The lowest BCUT2D eigenvalue weighted by Crippen LogP contribution is -2.54. The molecule has 0 atom stereocenters. The SMILES string of the molecule is Cc1cccc(N2C(=O)NC(=O)/C(=C\c3cccc(OCCOc4ccc(C(C)(C)C)cc4)c3)C2=O)c1. The molecule has 0 spiro atoms. The van der Waals surface area contributed by atoms with Crippen LogP contribution < -0.4 is 19.7 Å². The third-order valence-electron chi connectivity index (χ3n) is 5.87. The van der Waals surface area contributed by atoms with Gasteiger partial charge in [0, 0.05) is 0 Å². The van der Waals surface area contributed by atoms with Crippen molar-refractivity contribution in [1.29, 1.82) is 0 Å². The largest absolute Gasteiger partial charge is 0.490 e. The molecule has 0 saturated carbocycles. The molecule has 0 radical (unpaired) electrons. The molecule has 1 aliphatic rings. The van der Waals surface area contributed by atoms with Crippen molar-refractivity contribution in [3.8, 4) is 11.5 Å². The first kappa shape index (κ1) is 25.7. The number of nitrogens with zero attached hydrogens (tertiary/aromatic N) is 1. The van der Waals surface area contributed by atoms with Gasteiger partial charge in [-0.1, -0.05) is 57.2 Å². The Balaban J connectivity index is 1.41. The molecule has 0 aliphatic carbocycles. The van der Waals surface area contributed by atoms with Crippen molar-refractivity contribution in [2.45, 2.75) is 33.1 Å². The maximum Gasteiger partial charge on any atom is 0.335 e. The van der Waals surface area contributed by atoms with Crippen molar-refractivity contribution in [2.75, 3.05) is 18.1 Å². The molecule has 1 aliphatic heterocycles. The molecule has 3 aromatic carbocycles. The zero-order valence-electron chi connectivity index (χ0n) is 21.4. The van der Waals surface area contributed by atoms with Crippen LogP contribution in [0.15, 0.2) is 78.4 Å². The van der Waals surface area contributed by atoms with E-state index < -0.39 is 17.8 Å².